The molecule has 1 aromatic carbocycles. The number of benzene rings is 1. The van der Waals surface area contributed by atoms with E-state index in [-0.39, 0.29) is 11.1 Å². The number of hydrogen-bond acceptors (Lipinski definition) is 6. The molecule has 0 atom stereocenters. The van der Waals surface area contributed by atoms with E-state index in [2.05, 4.69) is 25.3 Å². The average molecular weight is 361 g/mol. The Morgan fingerprint density at radius 2 is 1.93 bits per heavy atom. The second kappa shape index (κ2) is 6.75. The molecule has 0 aliphatic heterocycles. The first kappa shape index (κ1) is 16.5. The zero-order valence-electron chi connectivity index (χ0n) is 13.8. The van der Waals surface area contributed by atoms with Gasteiger partial charge >= 0.3 is 5.97 Å². The minimum Gasteiger partial charge on any atom is -0.478 e. The maximum absolute atomic E-state index is 13.1. The second-order valence-corrected chi connectivity index (χ2v) is 5.63. The Balaban J connectivity index is 1.94. The van der Waals surface area contributed by atoms with Gasteiger partial charge in [-0.15, -0.1) is 0 Å². The molecule has 4 aromatic rings. The molecule has 132 valence electrons. The minimum absolute atomic E-state index is 0.0511. The van der Waals surface area contributed by atoms with Crippen molar-refractivity contribution >= 4 is 28.5 Å². The van der Waals surface area contributed by atoms with Gasteiger partial charge in [0.1, 0.15) is 17.5 Å². The van der Waals surface area contributed by atoms with Gasteiger partial charge in [0.05, 0.1) is 17.3 Å². The lowest BCUT2D eigenvalue weighted by molar-refractivity contribution is 0.0699. The van der Waals surface area contributed by atoms with Crippen molar-refractivity contribution in [3.8, 4) is 11.4 Å². The van der Waals surface area contributed by atoms with E-state index in [1.165, 1.54) is 18.2 Å². The zero-order chi connectivity index (χ0) is 18.8. The van der Waals surface area contributed by atoms with Gasteiger partial charge in [-0.1, -0.05) is 6.07 Å². The molecule has 0 fully saturated rings. The van der Waals surface area contributed by atoms with Gasteiger partial charge in [-0.3, -0.25) is 4.98 Å². The maximum atomic E-state index is 13.1. The number of hydrogen-bond donors (Lipinski definition) is 2. The van der Waals surface area contributed by atoms with Crippen molar-refractivity contribution in [2.24, 2.45) is 0 Å². The van der Waals surface area contributed by atoms with Gasteiger partial charge < -0.3 is 10.4 Å². The number of carboxylic acid groups (broad SMARTS) is 1. The van der Waals surface area contributed by atoms with Crippen LogP contribution in [-0.2, 0) is 0 Å². The highest BCUT2D eigenvalue weighted by atomic mass is 19.1. The molecule has 27 heavy (non-hydrogen) atoms. The molecule has 0 saturated heterocycles. The third-order valence-corrected chi connectivity index (χ3v) is 3.85. The number of halogens is 1. The third-order valence-electron chi connectivity index (χ3n) is 3.85. The lowest BCUT2D eigenvalue weighted by atomic mass is 10.1. The van der Waals surface area contributed by atoms with E-state index >= 15 is 0 Å². The highest BCUT2D eigenvalue weighted by Crippen LogP contribution is 2.28. The van der Waals surface area contributed by atoms with Gasteiger partial charge in [0.15, 0.2) is 5.82 Å². The number of para-hydroxylation sites is 1. The number of rotatable bonds is 4. The number of aromatic carboxylic acids is 1. The van der Waals surface area contributed by atoms with E-state index in [9.17, 15) is 14.3 Å². The molecule has 0 bridgehead atoms. The minimum atomic E-state index is -1.10. The molecule has 3 heterocycles. The van der Waals surface area contributed by atoms with Crippen LogP contribution in [0, 0.1) is 5.82 Å². The maximum Gasteiger partial charge on any atom is 0.337 e. The Hall–Kier alpha value is -3.94. The smallest absolute Gasteiger partial charge is 0.337 e. The van der Waals surface area contributed by atoms with Crippen molar-refractivity contribution in [3.05, 3.63) is 72.4 Å². The van der Waals surface area contributed by atoms with E-state index in [1.807, 2.05) is 0 Å². The summed E-state index contributed by atoms with van der Waals surface area (Å²) in [6, 6.07) is 11.0. The molecule has 0 saturated carbocycles. The fourth-order valence-corrected chi connectivity index (χ4v) is 2.62. The standard InChI is InChI=1S/C19H12FN5O2/c20-12-6-7-15(22-10-12)23-18-13-4-1-5-14(19(26)27)16(13)24-17(25-18)11-3-2-8-21-9-11/h1-10H,(H,26,27)(H,22,23,24,25). The van der Waals surface area contributed by atoms with Crippen LogP contribution >= 0.6 is 0 Å². The first-order valence-electron chi connectivity index (χ1n) is 7.95. The van der Waals surface area contributed by atoms with Crippen molar-refractivity contribution in [2.75, 3.05) is 5.32 Å². The van der Waals surface area contributed by atoms with Crippen LogP contribution in [0.25, 0.3) is 22.3 Å². The van der Waals surface area contributed by atoms with Crippen LogP contribution in [0.2, 0.25) is 0 Å². The molecule has 0 aliphatic carbocycles. The Kier molecular flexibility index (Phi) is 4.13. The number of carboxylic acids is 1. The summed E-state index contributed by atoms with van der Waals surface area (Å²) in [6.07, 6.45) is 4.29. The zero-order valence-corrected chi connectivity index (χ0v) is 13.8. The normalized spacial score (nSPS) is 10.7. The van der Waals surface area contributed by atoms with Gasteiger partial charge in [0.25, 0.3) is 0 Å². The highest BCUT2D eigenvalue weighted by molar-refractivity contribution is 6.05. The van der Waals surface area contributed by atoms with Crippen molar-refractivity contribution in [1.82, 2.24) is 19.9 Å². The van der Waals surface area contributed by atoms with E-state index < -0.39 is 11.8 Å². The molecule has 0 aliphatic rings. The van der Waals surface area contributed by atoms with Crippen LogP contribution in [0.5, 0.6) is 0 Å². The molecule has 3 aromatic heterocycles. The number of nitrogens with one attached hydrogen (secondary N) is 1. The second-order valence-electron chi connectivity index (χ2n) is 5.63. The van der Waals surface area contributed by atoms with Crippen molar-refractivity contribution in [3.63, 3.8) is 0 Å². The summed E-state index contributed by atoms with van der Waals surface area (Å²) in [5, 5.41) is 13.0. The molecular formula is C19H12FN5O2. The molecular weight excluding hydrogens is 349 g/mol. The monoisotopic (exact) mass is 361 g/mol. The van der Waals surface area contributed by atoms with E-state index in [0.29, 0.717) is 28.4 Å². The molecule has 8 heteroatoms. The van der Waals surface area contributed by atoms with Crippen LogP contribution in [0.15, 0.2) is 61.1 Å². The molecule has 2 N–H and O–H groups in total. The molecule has 7 nitrogen and oxygen atoms in total. The predicted octanol–water partition coefficient (Wildman–Crippen LogP) is 3.67. The quantitative estimate of drug-likeness (QED) is 0.572. The Morgan fingerprint density at radius 1 is 1.04 bits per heavy atom. The first-order valence-corrected chi connectivity index (χ1v) is 7.95. The number of carbonyl (C=O) groups is 1. The lowest BCUT2D eigenvalue weighted by Crippen LogP contribution is -2.05. The summed E-state index contributed by atoms with van der Waals surface area (Å²) in [5.41, 5.74) is 0.966. The highest BCUT2D eigenvalue weighted by Gasteiger charge is 2.16. The van der Waals surface area contributed by atoms with Crippen molar-refractivity contribution in [2.45, 2.75) is 0 Å². The number of anilines is 2. The Bertz CT molecular complexity index is 1130. The van der Waals surface area contributed by atoms with Crippen molar-refractivity contribution < 1.29 is 14.3 Å². The first-order chi connectivity index (χ1) is 13.1. The predicted molar refractivity (Wildman–Crippen MR) is 97.2 cm³/mol. The van der Waals surface area contributed by atoms with Crippen LogP contribution in [-0.4, -0.2) is 31.0 Å². The summed E-state index contributed by atoms with van der Waals surface area (Å²) in [6.45, 7) is 0. The van der Waals surface area contributed by atoms with Crippen LogP contribution < -0.4 is 5.32 Å². The summed E-state index contributed by atoms with van der Waals surface area (Å²) in [4.78, 5) is 28.6. The molecule has 0 radical (unpaired) electrons. The molecule has 0 unspecified atom stereocenters. The van der Waals surface area contributed by atoms with Gasteiger partial charge in [-0.05, 0) is 36.4 Å². The number of pyridine rings is 2. The summed E-state index contributed by atoms with van der Waals surface area (Å²) >= 11 is 0. The van der Waals surface area contributed by atoms with E-state index in [0.717, 1.165) is 6.20 Å². The number of fused-ring (bicyclic) bond motifs is 1. The van der Waals surface area contributed by atoms with Gasteiger partial charge in [-0.2, -0.15) is 0 Å². The van der Waals surface area contributed by atoms with Gasteiger partial charge in [0, 0.05) is 23.3 Å². The van der Waals surface area contributed by atoms with Crippen molar-refractivity contribution in [1.29, 1.82) is 0 Å². The Morgan fingerprint density at radius 3 is 2.63 bits per heavy atom. The summed E-state index contributed by atoms with van der Waals surface area (Å²) in [5.74, 6) is -0.510. The van der Waals surface area contributed by atoms with Gasteiger partial charge in [-0.25, -0.2) is 24.1 Å². The summed E-state index contributed by atoms with van der Waals surface area (Å²) in [7, 11) is 0. The fourth-order valence-electron chi connectivity index (χ4n) is 2.62. The van der Waals surface area contributed by atoms with Crippen LogP contribution in [0.1, 0.15) is 10.4 Å². The average Bonchev–Trinajstić information content (AvgIpc) is 2.69. The fraction of sp³-hybridized carbons (Fsp3) is 0. The van der Waals surface area contributed by atoms with E-state index in [4.69, 9.17) is 0 Å². The van der Waals surface area contributed by atoms with Crippen LogP contribution in [0.4, 0.5) is 16.0 Å². The SMILES string of the molecule is O=C(O)c1cccc2c(Nc3ccc(F)cn3)nc(-c3cccnc3)nc12. The number of nitrogens with zero attached hydrogens (tertiary/aromatic N) is 4. The lowest BCUT2D eigenvalue weighted by Gasteiger charge is -2.11. The molecule has 0 amide bonds. The number of aromatic nitrogens is 4. The van der Waals surface area contributed by atoms with E-state index in [1.54, 1.807) is 36.7 Å². The summed E-state index contributed by atoms with van der Waals surface area (Å²) < 4.78 is 13.1. The third kappa shape index (κ3) is 3.28. The molecule has 0 spiro atoms. The Labute approximate surface area is 152 Å². The largest absolute Gasteiger partial charge is 0.478 e. The molecule has 4 rings (SSSR count). The van der Waals surface area contributed by atoms with Crippen LogP contribution in [0.3, 0.4) is 0 Å². The van der Waals surface area contributed by atoms with Gasteiger partial charge in [0.2, 0.25) is 0 Å². The topological polar surface area (TPSA) is 101 Å².